The third-order valence-electron chi connectivity index (χ3n) is 3.46. The Balaban J connectivity index is 2.92. The molecule has 0 aromatic rings. The minimum absolute atomic E-state index is 0.100. The van der Waals surface area contributed by atoms with Gasteiger partial charge in [-0.3, -0.25) is 9.59 Å². The Kier molecular flexibility index (Phi) is 3.66. The summed E-state index contributed by atoms with van der Waals surface area (Å²) in [5, 5.41) is 9.14. The Morgan fingerprint density at radius 2 is 2.33 bits per heavy atom. The number of hydrogen-bond donors (Lipinski definition) is 1. The van der Waals surface area contributed by atoms with Gasteiger partial charge < -0.3 is 5.11 Å². The predicted molar refractivity (Wildman–Crippen MR) is 57.5 cm³/mol. The summed E-state index contributed by atoms with van der Waals surface area (Å²) in [5.41, 5.74) is -0.682. The Bertz CT molecular complexity index is 283. The third-order valence-corrected chi connectivity index (χ3v) is 3.46. The van der Waals surface area contributed by atoms with Crippen LogP contribution in [0.15, 0.2) is 12.7 Å². The summed E-state index contributed by atoms with van der Waals surface area (Å²) in [6.45, 7) is 5.35. The molecule has 0 saturated heterocycles. The first-order valence-corrected chi connectivity index (χ1v) is 5.39. The Labute approximate surface area is 90.2 Å². The lowest BCUT2D eigenvalue weighted by atomic mass is 9.65. The van der Waals surface area contributed by atoms with E-state index in [-0.39, 0.29) is 5.78 Å². The SMILES string of the molecule is C=CCC(C(=O)O)C1(C)CCCCC1=O. The largest absolute Gasteiger partial charge is 0.481 e. The molecule has 0 aromatic heterocycles. The van der Waals surface area contributed by atoms with Crippen molar-refractivity contribution in [3.05, 3.63) is 12.7 Å². The average Bonchev–Trinajstić information content (AvgIpc) is 2.18. The molecule has 2 atom stereocenters. The van der Waals surface area contributed by atoms with Gasteiger partial charge >= 0.3 is 5.97 Å². The lowest BCUT2D eigenvalue weighted by Gasteiger charge is -2.36. The highest BCUT2D eigenvalue weighted by Gasteiger charge is 2.44. The lowest BCUT2D eigenvalue weighted by molar-refractivity contribution is -0.153. The molecule has 0 amide bonds. The molecule has 1 aliphatic rings. The summed E-state index contributed by atoms with van der Waals surface area (Å²) in [6.07, 6.45) is 5.02. The molecule has 2 unspecified atom stereocenters. The van der Waals surface area contributed by atoms with Crippen molar-refractivity contribution in [3.63, 3.8) is 0 Å². The van der Waals surface area contributed by atoms with Gasteiger partial charge in [-0.05, 0) is 19.3 Å². The predicted octanol–water partition coefficient (Wildman–Crippen LogP) is 2.41. The van der Waals surface area contributed by atoms with E-state index in [0.29, 0.717) is 19.3 Å². The number of Topliss-reactive ketones (excluding diaryl/α,β-unsaturated/α-hetero) is 1. The second kappa shape index (κ2) is 4.60. The first-order valence-electron chi connectivity index (χ1n) is 5.39. The molecule has 3 heteroatoms. The average molecular weight is 210 g/mol. The van der Waals surface area contributed by atoms with E-state index >= 15 is 0 Å². The number of carboxylic acids is 1. The van der Waals surface area contributed by atoms with Crippen molar-refractivity contribution in [2.24, 2.45) is 11.3 Å². The van der Waals surface area contributed by atoms with Crippen molar-refractivity contribution in [2.45, 2.75) is 39.0 Å². The van der Waals surface area contributed by atoms with Crippen LogP contribution in [0.1, 0.15) is 39.0 Å². The first kappa shape index (κ1) is 12.0. The van der Waals surface area contributed by atoms with Gasteiger partial charge in [0.25, 0.3) is 0 Å². The van der Waals surface area contributed by atoms with Crippen LogP contribution in [-0.4, -0.2) is 16.9 Å². The smallest absolute Gasteiger partial charge is 0.307 e. The maximum absolute atomic E-state index is 11.8. The van der Waals surface area contributed by atoms with Crippen LogP contribution in [0, 0.1) is 11.3 Å². The second-order valence-corrected chi connectivity index (χ2v) is 4.46. The summed E-state index contributed by atoms with van der Waals surface area (Å²) < 4.78 is 0. The zero-order valence-corrected chi connectivity index (χ0v) is 9.16. The summed E-state index contributed by atoms with van der Waals surface area (Å²) in [5.74, 6) is -1.39. The molecule has 0 radical (unpaired) electrons. The van der Waals surface area contributed by atoms with E-state index in [1.54, 1.807) is 13.0 Å². The van der Waals surface area contributed by atoms with Gasteiger partial charge in [-0.25, -0.2) is 0 Å². The van der Waals surface area contributed by atoms with Gasteiger partial charge in [0.1, 0.15) is 5.78 Å². The molecule has 0 aromatic carbocycles. The van der Waals surface area contributed by atoms with Gasteiger partial charge in [0.15, 0.2) is 0 Å². The Morgan fingerprint density at radius 1 is 1.67 bits per heavy atom. The topological polar surface area (TPSA) is 54.4 Å². The highest BCUT2D eigenvalue weighted by atomic mass is 16.4. The van der Waals surface area contributed by atoms with Crippen LogP contribution in [0.2, 0.25) is 0 Å². The minimum Gasteiger partial charge on any atom is -0.481 e. The summed E-state index contributed by atoms with van der Waals surface area (Å²) >= 11 is 0. The van der Waals surface area contributed by atoms with Gasteiger partial charge in [0.2, 0.25) is 0 Å². The zero-order valence-electron chi connectivity index (χ0n) is 9.16. The fourth-order valence-electron chi connectivity index (χ4n) is 2.37. The maximum Gasteiger partial charge on any atom is 0.307 e. The van der Waals surface area contributed by atoms with Crippen LogP contribution in [-0.2, 0) is 9.59 Å². The summed E-state index contributed by atoms with van der Waals surface area (Å²) in [6, 6.07) is 0. The number of aliphatic carboxylic acids is 1. The van der Waals surface area contributed by atoms with E-state index in [0.717, 1.165) is 12.8 Å². The normalized spacial score (nSPS) is 28.5. The minimum atomic E-state index is -0.882. The van der Waals surface area contributed by atoms with E-state index in [1.165, 1.54) is 0 Å². The van der Waals surface area contributed by atoms with Gasteiger partial charge in [-0.2, -0.15) is 0 Å². The molecule has 1 N–H and O–H groups in total. The van der Waals surface area contributed by atoms with Crippen molar-refractivity contribution in [3.8, 4) is 0 Å². The van der Waals surface area contributed by atoms with E-state index in [4.69, 9.17) is 5.11 Å². The van der Waals surface area contributed by atoms with Crippen LogP contribution in [0.4, 0.5) is 0 Å². The highest BCUT2D eigenvalue weighted by molar-refractivity contribution is 5.90. The van der Waals surface area contributed by atoms with Crippen LogP contribution in [0.3, 0.4) is 0 Å². The van der Waals surface area contributed by atoms with Crippen molar-refractivity contribution >= 4 is 11.8 Å². The third kappa shape index (κ3) is 2.28. The molecule has 0 aliphatic heterocycles. The summed E-state index contributed by atoms with van der Waals surface area (Å²) in [7, 11) is 0. The quantitative estimate of drug-likeness (QED) is 0.725. The number of carbonyl (C=O) groups is 2. The molecule has 1 rings (SSSR count). The number of rotatable bonds is 4. The van der Waals surface area contributed by atoms with Gasteiger partial charge in [-0.1, -0.05) is 19.4 Å². The molecule has 1 aliphatic carbocycles. The standard InChI is InChI=1S/C12H18O3/c1-3-6-9(11(14)15)12(2)8-5-4-7-10(12)13/h3,9H,1,4-8H2,2H3,(H,14,15). The molecule has 3 nitrogen and oxygen atoms in total. The number of hydrogen-bond acceptors (Lipinski definition) is 2. The zero-order chi connectivity index (χ0) is 11.5. The molecular weight excluding hydrogens is 192 g/mol. The van der Waals surface area contributed by atoms with E-state index in [1.807, 2.05) is 0 Å². The number of carboxylic acid groups (broad SMARTS) is 1. The van der Waals surface area contributed by atoms with Crippen LogP contribution in [0.5, 0.6) is 0 Å². The maximum atomic E-state index is 11.8. The molecule has 15 heavy (non-hydrogen) atoms. The number of carbonyl (C=O) groups excluding carboxylic acids is 1. The molecule has 0 heterocycles. The summed E-state index contributed by atoms with van der Waals surface area (Å²) in [4.78, 5) is 23.0. The van der Waals surface area contributed by atoms with Gasteiger partial charge in [0, 0.05) is 11.8 Å². The molecule has 1 saturated carbocycles. The van der Waals surface area contributed by atoms with Crippen molar-refractivity contribution in [2.75, 3.05) is 0 Å². The Hall–Kier alpha value is -1.12. The van der Waals surface area contributed by atoms with E-state index in [9.17, 15) is 9.59 Å². The van der Waals surface area contributed by atoms with E-state index < -0.39 is 17.3 Å². The molecule has 0 bridgehead atoms. The molecule has 1 fully saturated rings. The Morgan fingerprint density at radius 3 is 2.80 bits per heavy atom. The van der Waals surface area contributed by atoms with Crippen molar-refractivity contribution in [1.29, 1.82) is 0 Å². The van der Waals surface area contributed by atoms with Crippen molar-refractivity contribution < 1.29 is 14.7 Å². The number of allylic oxidation sites excluding steroid dienone is 1. The fourth-order valence-corrected chi connectivity index (χ4v) is 2.37. The van der Waals surface area contributed by atoms with Crippen LogP contribution < -0.4 is 0 Å². The molecular formula is C12H18O3. The van der Waals surface area contributed by atoms with Gasteiger partial charge in [-0.15, -0.1) is 6.58 Å². The van der Waals surface area contributed by atoms with Crippen LogP contribution in [0.25, 0.3) is 0 Å². The highest BCUT2D eigenvalue weighted by Crippen LogP contribution is 2.41. The monoisotopic (exact) mass is 210 g/mol. The fraction of sp³-hybridized carbons (Fsp3) is 0.667. The van der Waals surface area contributed by atoms with Gasteiger partial charge in [0.05, 0.1) is 5.92 Å². The molecule has 0 spiro atoms. The number of ketones is 1. The lowest BCUT2D eigenvalue weighted by Crippen LogP contribution is -2.42. The molecule has 84 valence electrons. The van der Waals surface area contributed by atoms with E-state index in [2.05, 4.69) is 6.58 Å². The second-order valence-electron chi connectivity index (χ2n) is 4.46. The first-order chi connectivity index (χ1) is 7.02. The van der Waals surface area contributed by atoms with Crippen molar-refractivity contribution in [1.82, 2.24) is 0 Å². The van der Waals surface area contributed by atoms with Crippen LogP contribution >= 0.6 is 0 Å².